The van der Waals surface area contributed by atoms with Gasteiger partial charge in [0.1, 0.15) is 34.6 Å². The summed E-state index contributed by atoms with van der Waals surface area (Å²) in [4.78, 5) is 59.6. The Morgan fingerprint density at radius 3 is 2.36 bits per heavy atom. The lowest BCUT2D eigenvalue weighted by molar-refractivity contribution is -0.143. The molecule has 14 nitrogen and oxygen atoms in total. The summed E-state index contributed by atoms with van der Waals surface area (Å²) in [5.74, 6) is -2.54. The number of nitrogens with one attached hydrogen (secondary N) is 3. The summed E-state index contributed by atoms with van der Waals surface area (Å²) in [6.45, 7) is 12.9. The maximum absolute atomic E-state index is 14.9. The number of allylic oxidation sites excluding steroid dienone is 1. The average Bonchev–Trinajstić information content (AvgIpc) is 4.05. The van der Waals surface area contributed by atoms with Crippen LogP contribution in [-0.2, 0) is 29.1 Å². The van der Waals surface area contributed by atoms with Gasteiger partial charge in [-0.2, -0.15) is 15.0 Å². The molecule has 3 heterocycles. The van der Waals surface area contributed by atoms with Gasteiger partial charge in [-0.05, 0) is 69.4 Å². The number of nitrogens with zero attached hydrogens (tertiary/aromatic N) is 4. The molecule has 5 atom stereocenters. The number of sulfonamides is 1. The second-order valence-corrected chi connectivity index (χ2v) is 19.6. The molecule has 7 rings (SSSR count). The number of carbonyl (C=O) groups is 4. The zero-order chi connectivity index (χ0) is 41.6. The Kier molecular flexibility index (Phi) is 10.9. The fraction of sp³-hybridized carbons (Fsp3) is 0.488. The van der Waals surface area contributed by atoms with Crippen molar-refractivity contribution in [1.82, 2.24) is 35.2 Å². The van der Waals surface area contributed by atoms with Gasteiger partial charge in [0.25, 0.3) is 5.91 Å². The minimum Gasteiger partial charge on any atom is -0.444 e. The molecule has 3 N–H and O–H groups in total. The van der Waals surface area contributed by atoms with E-state index in [0.29, 0.717) is 30.7 Å². The molecule has 3 aromatic rings. The molecule has 308 valence electrons. The zero-order valence-corrected chi connectivity index (χ0v) is 34.6. The van der Waals surface area contributed by atoms with Gasteiger partial charge >= 0.3 is 6.09 Å². The third-order valence-corrected chi connectivity index (χ3v) is 13.3. The van der Waals surface area contributed by atoms with E-state index in [-0.39, 0.29) is 19.4 Å². The number of hydrogen-bond donors (Lipinski definition) is 3. The van der Waals surface area contributed by atoms with Crippen LogP contribution in [-0.4, -0.2) is 87.1 Å². The Hall–Kier alpha value is -5.31. The number of benzene rings is 2. The van der Waals surface area contributed by atoms with Crippen molar-refractivity contribution in [3.05, 3.63) is 78.9 Å². The minimum atomic E-state index is -3.92. The number of carbonyl (C=O) groups excluding carboxylic acids is 4. The average molecular weight is 812 g/mol. The molecule has 0 unspecified atom stereocenters. The summed E-state index contributed by atoms with van der Waals surface area (Å²) in [6.07, 6.45) is 8.09. The van der Waals surface area contributed by atoms with Gasteiger partial charge in [0, 0.05) is 30.0 Å². The number of alkyl carbamates (subject to hydrolysis) is 1. The molecule has 2 saturated carbocycles. The molecule has 58 heavy (non-hydrogen) atoms. The zero-order valence-electron chi connectivity index (χ0n) is 33.7. The largest absolute Gasteiger partial charge is 0.444 e. The van der Waals surface area contributed by atoms with E-state index in [1.54, 1.807) is 4.80 Å². The van der Waals surface area contributed by atoms with Crippen LogP contribution in [0, 0.1) is 11.3 Å². The van der Waals surface area contributed by atoms with Gasteiger partial charge in [-0.15, -0.1) is 6.58 Å². The monoisotopic (exact) mass is 811 g/mol. The van der Waals surface area contributed by atoms with Crippen molar-refractivity contribution in [3.63, 3.8) is 0 Å². The van der Waals surface area contributed by atoms with E-state index in [2.05, 4.69) is 34.1 Å². The normalized spacial score (nSPS) is 26.7. The maximum Gasteiger partial charge on any atom is 0.408 e. The smallest absolute Gasteiger partial charge is 0.408 e. The van der Waals surface area contributed by atoms with Gasteiger partial charge in [-0.1, -0.05) is 87.5 Å². The number of rotatable bonds is 7. The summed E-state index contributed by atoms with van der Waals surface area (Å²) in [5, 5.41) is 15.0. The molecule has 6 bridgehead atoms. The van der Waals surface area contributed by atoms with E-state index in [0.717, 1.165) is 29.5 Å². The van der Waals surface area contributed by atoms with Gasteiger partial charge in [0.05, 0.1) is 11.3 Å². The molecule has 1 saturated heterocycles. The highest BCUT2D eigenvalue weighted by molar-refractivity contribution is 7.91. The predicted octanol–water partition coefficient (Wildman–Crippen LogP) is 5.54. The molecule has 4 amide bonds. The summed E-state index contributed by atoms with van der Waals surface area (Å²) in [5.41, 5.74) is 0.660. The molecule has 1 aromatic heterocycles. The van der Waals surface area contributed by atoms with Crippen molar-refractivity contribution in [2.45, 2.75) is 114 Å². The van der Waals surface area contributed by atoms with Crippen LogP contribution in [0.2, 0.25) is 0 Å². The lowest BCUT2D eigenvalue weighted by Gasteiger charge is -2.36. The van der Waals surface area contributed by atoms with E-state index in [1.165, 1.54) is 11.0 Å². The first-order chi connectivity index (χ1) is 27.4. The van der Waals surface area contributed by atoms with E-state index in [1.807, 2.05) is 89.2 Å². The van der Waals surface area contributed by atoms with Crippen LogP contribution in [0.5, 0.6) is 0 Å². The summed E-state index contributed by atoms with van der Waals surface area (Å²) < 4.78 is 33.7. The molecule has 15 heteroatoms. The summed E-state index contributed by atoms with van der Waals surface area (Å²) >= 11 is 0. The first-order valence-corrected chi connectivity index (χ1v) is 21.6. The highest BCUT2D eigenvalue weighted by Crippen LogP contribution is 2.46. The first kappa shape index (κ1) is 40.9. The molecule has 0 radical (unpaired) electrons. The Labute approximate surface area is 339 Å². The van der Waals surface area contributed by atoms with Crippen LogP contribution in [0.15, 0.2) is 73.3 Å². The van der Waals surface area contributed by atoms with Crippen LogP contribution in [0.4, 0.5) is 4.79 Å². The van der Waals surface area contributed by atoms with Gasteiger partial charge in [0.15, 0.2) is 0 Å². The number of hydrogen-bond acceptors (Lipinski definition) is 9. The molecule has 2 aromatic carbocycles. The Balaban J connectivity index is 1.29. The third kappa shape index (κ3) is 8.59. The molecular weight excluding hydrogens is 759 g/mol. The van der Waals surface area contributed by atoms with Crippen molar-refractivity contribution < 1.29 is 32.3 Å². The molecular formula is C43H53N7O7S. The number of ether oxygens (including phenoxy) is 1. The van der Waals surface area contributed by atoms with Crippen molar-refractivity contribution >= 4 is 39.9 Å². The molecule has 4 aliphatic rings. The topological polar surface area (TPSA) is 182 Å². The van der Waals surface area contributed by atoms with Crippen LogP contribution < -0.4 is 15.4 Å². The molecule has 2 aliphatic carbocycles. The third-order valence-electron chi connectivity index (χ3n) is 11.5. The number of fused-ring (bicyclic) bond motifs is 8. The number of aromatic nitrogens is 3. The van der Waals surface area contributed by atoms with Gasteiger partial charge in [-0.25, -0.2) is 13.2 Å². The van der Waals surface area contributed by atoms with Crippen molar-refractivity contribution in [1.29, 1.82) is 0 Å². The van der Waals surface area contributed by atoms with Gasteiger partial charge in [0.2, 0.25) is 21.8 Å². The van der Waals surface area contributed by atoms with E-state index < -0.39 is 79.7 Å². The first-order valence-electron chi connectivity index (χ1n) is 20.0. The fourth-order valence-corrected chi connectivity index (χ4v) is 9.24. The fourth-order valence-electron chi connectivity index (χ4n) is 7.88. The van der Waals surface area contributed by atoms with E-state index in [4.69, 9.17) is 14.9 Å². The van der Waals surface area contributed by atoms with Crippen LogP contribution in [0.3, 0.4) is 0 Å². The predicted molar refractivity (Wildman–Crippen MR) is 219 cm³/mol. The Morgan fingerprint density at radius 1 is 1.02 bits per heavy atom. The van der Waals surface area contributed by atoms with Crippen LogP contribution in [0.25, 0.3) is 28.6 Å². The number of amides is 4. The minimum absolute atomic E-state index is 0.00299. The van der Waals surface area contributed by atoms with Crippen molar-refractivity contribution in [2.24, 2.45) is 11.3 Å². The summed E-state index contributed by atoms with van der Waals surface area (Å²) in [7, 11) is -3.92. The number of cyclic esters (lactones) is 1. The SMILES string of the molecule is C=C[C@@H]1C[C@]1(NC(=O)[C@@H]1C[C@@H]2CN1C(=O)[C@H](C(C)(C)C)NC(=O)OC(C)(C)CCC/C=C\c1cccc(c1)-c1nn2nc1-c1ccccc1)C(=O)NS(=O)(=O)C1CC1. The highest BCUT2D eigenvalue weighted by Gasteiger charge is 2.62. The Morgan fingerprint density at radius 2 is 1.71 bits per heavy atom. The highest BCUT2D eigenvalue weighted by atomic mass is 32.2. The van der Waals surface area contributed by atoms with Crippen LogP contribution in [0.1, 0.15) is 91.2 Å². The standard InChI is InChI=1S/C43H53N7O7S/c1-7-30-25-43(30,39(53)48-58(55,56)32-20-21-32)45-37(51)33-24-31-26-49(33)38(52)36(41(2,3)4)44-40(54)57-42(5,6)22-13-9-10-15-27-16-14-19-29(23-27)35-34(46-50(31)47-35)28-17-11-8-12-18-28/h7-8,10-12,14-19,23,30-33,36H,1,9,13,20-22,24-26H2,2-6H3,(H,44,54)(H,45,51)(H,48,53)/b15-10-/t30-,31-,33+,36-,43-/m1/s1. The van der Waals surface area contributed by atoms with Crippen molar-refractivity contribution in [3.8, 4) is 22.5 Å². The molecule has 3 fully saturated rings. The molecule has 0 spiro atoms. The quantitative estimate of drug-likeness (QED) is 0.258. The van der Waals surface area contributed by atoms with Gasteiger partial charge < -0.3 is 20.3 Å². The molecule has 2 aliphatic heterocycles. The second-order valence-electron chi connectivity index (χ2n) is 17.7. The second kappa shape index (κ2) is 15.5. The Bertz CT molecular complexity index is 2240. The van der Waals surface area contributed by atoms with Crippen LogP contribution >= 0.6 is 0 Å². The van der Waals surface area contributed by atoms with Crippen molar-refractivity contribution in [2.75, 3.05) is 6.54 Å². The van der Waals surface area contributed by atoms with E-state index >= 15 is 0 Å². The lowest BCUT2D eigenvalue weighted by atomic mass is 9.85. The van der Waals surface area contributed by atoms with E-state index in [9.17, 15) is 27.6 Å². The lowest BCUT2D eigenvalue weighted by Crippen LogP contribution is -2.60. The summed E-state index contributed by atoms with van der Waals surface area (Å²) in [6, 6.07) is 14.8. The van der Waals surface area contributed by atoms with Gasteiger partial charge in [-0.3, -0.25) is 19.1 Å². The maximum atomic E-state index is 14.9.